The minimum atomic E-state index is -0.321. The second kappa shape index (κ2) is 9.06. The molecule has 0 aliphatic carbocycles. The van der Waals surface area contributed by atoms with Gasteiger partial charge in [-0.2, -0.15) is 4.68 Å². The molecule has 0 saturated carbocycles. The van der Waals surface area contributed by atoms with Crippen molar-refractivity contribution >= 4 is 34.9 Å². The van der Waals surface area contributed by atoms with Crippen molar-refractivity contribution in [1.29, 1.82) is 0 Å². The molecule has 2 aromatic carbocycles. The molecule has 0 radical (unpaired) electrons. The van der Waals surface area contributed by atoms with E-state index in [4.69, 9.17) is 16.3 Å². The van der Waals surface area contributed by atoms with E-state index in [-0.39, 0.29) is 11.4 Å². The predicted molar refractivity (Wildman–Crippen MR) is 119 cm³/mol. The Morgan fingerprint density at radius 1 is 1.03 bits per heavy atom. The number of anilines is 2. The third-order valence-electron chi connectivity index (χ3n) is 4.30. The maximum atomic E-state index is 13.2. The lowest BCUT2D eigenvalue weighted by Gasteiger charge is -2.14. The minimum absolute atomic E-state index is 0.121. The molecule has 0 fully saturated rings. The lowest BCUT2D eigenvalue weighted by molar-refractivity contribution is 0.415. The number of nitrogens with one attached hydrogen (secondary N) is 1. The quantitative estimate of drug-likeness (QED) is 0.429. The highest BCUT2D eigenvalue weighted by atomic mass is 35.5. The highest BCUT2D eigenvalue weighted by molar-refractivity contribution is 7.98. The second-order valence-electron chi connectivity index (χ2n) is 6.24. The van der Waals surface area contributed by atoms with Gasteiger partial charge in [0.15, 0.2) is 0 Å². The molecule has 2 heterocycles. The SMILES string of the molecule is COc1ccc(Nc2nnc(SCc3ccccc3Cl)n(-n3cccc3)c2=O)cc1. The van der Waals surface area contributed by atoms with Gasteiger partial charge in [-0.25, -0.2) is 0 Å². The first-order valence-electron chi connectivity index (χ1n) is 9.06. The zero-order valence-corrected chi connectivity index (χ0v) is 17.6. The maximum Gasteiger partial charge on any atom is 0.316 e. The summed E-state index contributed by atoms with van der Waals surface area (Å²) in [7, 11) is 1.60. The van der Waals surface area contributed by atoms with Crippen molar-refractivity contribution in [3.05, 3.63) is 94.0 Å². The van der Waals surface area contributed by atoms with Crippen molar-refractivity contribution in [2.75, 3.05) is 12.4 Å². The van der Waals surface area contributed by atoms with Gasteiger partial charge in [-0.3, -0.25) is 9.47 Å². The van der Waals surface area contributed by atoms with Crippen LogP contribution in [0.15, 0.2) is 83.0 Å². The monoisotopic (exact) mass is 439 g/mol. The van der Waals surface area contributed by atoms with Crippen LogP contribution in [0.4, 0.5) is 11.5 Å². The Labute approximate surface area is 182 Å². The van der Waals surface area contributed by atoms with Crippen LogP contribution in [0, 0.1) is 0 Å². The number of benzene rings is 2. The number of methoxy groups -OCH3 is 1. The van der Waals surface area contributed by atoms with Gasteiger partial charge in [-0.15, -0.1) is 10.2 Å². The zero-order valence-electron chi connectivity index (χ0n) is 16.0. The van der Waals surface area contributed by atoms with E-state index in [1.54, 1.807) is 48.4 Å². The lowest BCUT2D eigenvalue weighted by Crippen LogP contribution is -2.30. The Kier molecular flexibility index (Phi) is 6.06. The summed E-state index contributed by atoms with van der Waals surface area (Å²) in [4.78, 5) is 13.2. The fourth-order valence-electron chi connectivity index (χ4n) is 2.76. The van der Waals surface area contributed by atoms with E-state index in [9.17, 15) is 4.79 Å². The van der Waals surface area contributed by atoms with Crippen molar-refractivity contribution in [3.8, 4) is 5.75 Å². The third-order valence-corrected chi connectivity index (χ3v) is 5.64. The highest BCUT2D eigenvalue weighted by Gasteiger charge is 2.15. The van der Waals surface area contributed by atoms with Crippen molar-refractivity contribution < 1.29 is 4.74 Å². The van der Waals surface area contributed by atoms with Crippen LogP contribution in [-0.4, -0.2) is 26.7 Å². The lowest BCUT2D eigenvalue weighted by atomic mass is 10.2. The Morgan fingerprint density at radius 3 is 2.47 bits per heavy atom. The van der Waals surface area contributed by atoms with Crippen LogP contribution >= 0.6 is 23.4 Å². The fraction of sp³-hybridized carbons (Fsp3) is 0.0952. The van der Waals surface area contributed by atoms with Gasteiger partial charge in [0.1, 0.15) is 5.75 Å². The number of hydrogen-bond acceptors (Lipinski definition) is 6. The van der Waals surface area contributed by atoms with Crippen LogP contribution < -0.4 is 15.6 Å². The average Bonchev–Trinajstić information content (AvgIpc) is 3.30. The van der Waals surface area contributed by atoms with E-state index in [2.05, 4.69) is 15.5 Å². The summed E-state index contributed by atoms with van der Waals surface area (Å²) in [5.74, 6) is 1.40. The molecule has 4 aromatic rings. The Bertz CT molecular complexity index is 1190. The molecule has 0 aliphatic rings. The summed E-state index contributed by atoms with van der Waals surface area (Å²) in [6, 6.07) is 18.5. The van der Waals surface area contributed by atoms with Gasteiger partial charge < -0.3 is 10.1 Å². The molecule has 0 atom stereocenters. The van der Waals surface area contributed by atoms with Gasteiger partial charge in [0.05, 0.1) is 7.11 Å². The van der Waals surface area contributed by atoms with Crippen LogP contribution in [0.1, 0.15) is 5.56 Å². The van der Waals surface area contributed by atoms with Gasteiger partial charge in [-0.05, 0) is 48.0 Å². The normalized spacial score (nSPS) is 10.7. The molecule has 0 saturated heterocycles. The first kappa shape index (κ1) is 20.1. The third kappa shape index (κ3) is 4.34. The molecule has 0 unspecified atom stereocenters. The topological polar surface area (TPSA) is 74.0 Å². The molecule has 2 aromatic heterocycles. The molecule has 0 amide bonds. The molecule has 1 N–H and O–H groups in total. The van der Waals surface area contributed by atoms with Crippen LogP contribution in [0.5, 0.6) is 5.75 Å². The van der Waals surface area contributed by atoms with Gasteiger partial charge in [0.25, 0.3) is 0 Å². The molecular weight excluding hydrogens is 422 g/mol. The van der Waals surface area contributed by atoms with Crippen molar-refractivity contribution in [2.45, 2.75) is 10.9 Å². The maximum absolute atomic E-state index is 13.2. The molecule has 0 spiro atoms. The second-order valence-corrected chi connectivity index (χ2v) is 7.59. The summed E-state index contributed by atoms with van der Waals surface area (Å²) >= 11 is 7.64. The molecule has 152 valence electrons. The first-order valence-corrected chi connectivity index (χ1v) is 10.4. The summed E-state index contributed by atoms with van der Waals surface area (Å²) in [6.45, 7) is 0. The Balaban J connectivity index is 1.66. The number of rotatable bonds is 7. The van der Waals surface area contributed by atoms with E-state index < -0.39 is 0 Å². The van der Waals surface area contributed by atoms with Crippen molar-refractivity contribution in [1.82, 2.24) is 19.5 Å². The number of aromatic nitrogens is 4. The van der Waals surface area contributed by atoms with Crippen LogP contribution in [0.2, 0.25) is 5.02 Å². The number of thioether (sulfide) groups is 1. The van der Waals surface area contributed by atoms with E-state index in [1.807, 2.05) is 36.4 Å². The molecule has 4 rings (SSSR count). The smallest absolute Gasteiger partial charge is 0.316 e. The van der Waals surface area contributed by atoms with Crippen molar-refractivity contribution in [2.24, 2.45) is 0 Å². The Morgan fingerprint density at radius 2 is 1.77 bits per heavy atom. The summed E-state index contributed by atoms with van der Waals surface area (Å²) in [6.07, 6.45) is 3.56. The molecule has 7 nitrogen and oxygen atoms in total. The fourth-order valence-corrected chi connectivity index (χ4v) is 3.98. The van der Waals surface area contributed by atoms with E-state index in [1.165, 1.54) is 16.4 Å². The molecule has 30 heavy (non-hydrogen) atoms. The predicted octanol–water partition coefficient (Wildman–Crippen LogP) is 4.45. The van der Waals surface area contributed by atoms with E-state index >= 15 is 0 Å². The first-order chi connectivity index (χ1) is 14.7. The standard InChI is InChI=1S/C21H18ClN5O2S/c1-29-17-10-8-16(9-11-17)23-19-20(28)27(26-12-4-5-13-26)21(25-24-19)30-14-15-6-2-3-7-18(15)22/h2-13H,14H2,1H3,(H,23,24). The summed E-state index contributed by atoms with van der Waals surface area (Å²) in [5.41, 5.74) is 1.34. The average molecular weight is 440 g/mol. The van der Waals surface area contributed by atoms with Gasteiger partial charge in [-0.1, -0.05) is 41.6 Å². The minimum Gasteiger partial charge on any atom is -0.497 e. The van der Waals surface area contributed by atoms with E-state index in [0.717, 1.165) is 11.3 Å². The van der Waals surface area contributed by atoms with Crippen LogP contribution in [0.25, 0.3) is 0 Å². The van der Waals surface area contributed by atoms with Crippen LogP contribution in [0.3, 0.4) is 0 Å². The van der Waals surface area contributed by atoms with Gasteiger partial charge >= 0.3 is 5.56 Å². The Hall–Kier alpha value is -3.23. The van der Waals surface area contributed by atoms with Crippen molar-refractivity contribution in [3.63, 3.8) is 0 Å². The summed E-state index contributed by atoms with van der Waals surface area (Å²) < 4.78 is 8.31. The largest absolute Gasteiger partial charge is 0.497 e. The number of halogens is 1. The molecular formula is C21H18ClN5O2S. The van der Waals surface area contributed by atoms with E-state index in [0.29, 0.717) is 21.6 Å². The molecule has 9 heteroatoms. The number of nitrogens with zero attached hydrogens (tertiary/aromatic N) is 4. The molecule has 0 aliphatic heterocycles. The van der Waals surface area contributed by atoms with Gasteiger partial charge in [0, 0.05) is 28.9 Å². The highest BCUT2D eigenvalue weighted by Crippen LogP contribution is 2.25. The summed E-state index contributed by atoms with van der Waals surface area (Å²) in [5, 5.41) is 12.6. The number of ether oxygens (including phenoxy) is 1. The number of hydrogen-bond donors (Lipinski definition) is 1. The van der Waals surface area contributed by atoms with Crippen LogP contribution in [-0.2, 0) is 5.75 Å². The zero-order chi connectivity index (χ0) is 20.9. The molecule has 0 bridgehead atoms. The van der Waals surface area contributed by atoms with Gasteiger partial charge in [0.2, 0.25) is 11.0 Å².